The third-order valence-electron chi connectivity index (χ3n) is 2.38. The molecule has 1 aromatic rings. The van der Waals surface area contributed by atoms with E-state index in [2.05, 4.69) is 15.9 Å². The van der Waals surface area contributed by atoms with Crippen LogP contribution in [-0.2, 0) is 4.74 Å². The van der Waals surface area contributed by atoms with E-state index < -0.39 is 5.60 Å². The minimum atomic E-state index is -0.484. The van der Waals surface area contributed by atoms with Crippen molar-refractivity contribution in [2.75, 3.05) is 0 Å². The molecule has 2 rings (SSSR count). The van der Waals surface area contributed by atoms with Gasteiger partial charge in [0.05, 0.1) is 16.1 Å². The summed E-state index contributed by atoms with van der Waals surface area (Å²) in [4.78, 5) is 11.9. The number of carbonyl (C=O) groups excluding carboxylic acids is 1. The Morgan fingerprint density at radius 2 is 2.00 bits per heavy atom. The van der Waals surface area contributed by atoms with Crippen LogP contribution in [0.5, 0.6) is 5.75 Å². The van der Waals surface area contributed by atoms with Crippen LogP contribution in [-0.4, -0.2) is 17.7 Å². The zero-order valence-corrected chi connectivity index (χ0v) is 12.4. The van der Waals surface area contributed by atoms with E-state index in [4.69, 9.17) is 9.47 Å². The lowest BCUT2D eigenvalue weighted by atomic mass is 10.1. The standard InChI is InChI=1S/C14H17BrO3/c1-14(2,3)18-13(16)9-4-7-11(15)12(8-9)17-10-5-6-10/h4,7-8,10H,5-6H2,1-3H3. The van der Waals surface area contributed by atoms with Crippen molar-refractivity contribution in [2.45, 2.75) is 45.3 Å². The molecule has 18 heavy (non-hydrogen) atoms. The van der Waals surface area contributed by atoms with Gasteiger partial charge in [-0.05, 0) is 67.7 Å². The summed E-state index contributed by atoms with van der Waals surface area (Å²) in [5, 5.41) is 0. The van der Waals surface area contributed by atoms with Crippen LogP contribution in [0.2, 0.25) is 0 Å². The molecule has 0 radical (unpaired) electrons. The highest BCUT2D eigenvalue weighted by molar-refractivity contribution is 9.10. The molecule has 3 nitrogen and oxygen atoms in total. The summed E-state index contributed by atoms with van der Waals surface area (Å²) in [6.07, 6.45) is 2.47. The summed E-state index contributed by atoms with van der Waals surface area (Å²) in [5.41, 5.74) is 0.0329. The van der Waals surface area contributed by atoms with Gasteiger partial charge in [0.15, 0.2) is 0 Å². The Bertz CT molecular complexity index is 459. The highest BCUT2D eigenvalue weighted by Gasteiger charge is 2.25. The van der Waals surface area contributed by atoms with E-state index in [1.807, 2.05) is 26.8 Å². The quantitative estimate of drug-likeness (QED) is 0.793. The van der Waals surface area contributed by atoms with Gasteiger partial charge >= 0.3 is 5.97 Å². The number of benzene rings is 1. The summed E-state index contributed by atoms with van der Waals surface area (Å²) in [5.74, 6) is 0.386. The zero-order valence-electron chi connectivity index (χ0n) is 10.8. The SMILES string of the molecule is CC(C)(C)OC(=O)c1ccc(Br)c(OC2CC2)c1. The Labute approximate surface area is 116 Å². The second kappa shape index (κ2) is 4.92. The number of halogens is 1. The van der Waals surface area contributed by atoms with Crippen LogP contribution >= 0.6 is 15.9 Å². The predicted octanol–water partition coefficient (Wildman–Crippen LogP) is 3.95. The maximum atomic E-state index is 11.9. The van der Waals surface area contributed by atoms with Gasteiger partial charge in [0.25, 0.3) is 0 Å². The fourth-order valence-electron chi connectivity index (χ4n) is 1.42. The smallest absolute Gasteiger partial charge is 0.338 e. The first-order chi connectivity index (χ1) is 8.35. The maximum Gasteiger partial charge on any atom is 0.338 e. The van der Waals surface area contributed by atoms with Crippen LogP contribution < -0.4 is 4.74 Å². The largest absolute Gasteiger partial charge is 0.489 e. The van der Waals surface area contributed by atoms with Crippen LogP contribution in [0, 0.1) is 0 Å². The molecule has 0 aliphatic heterocycles. The van der Waals surface area contributed by atoms with Crippen molar-refractivity contribution in [3.63, 3.8) is 0 Å². The van der Waals surface area contributed by atoms with Gasteiger partial charge < -0.3 is 9.47 Å². The molecule has 1 fully saturated rings. The van der Waals surface area contributed by atoms with Crippen molar-refractivity contribution in [3.05, 3.63) is 28.2 Å². The third kappa shape index (κ3) is 3.73. The van der Waals surface area contributed by atoms with E-state index >= 15 is 0 Å². The minimum Gasteiger partial charge on any atom is -0.489 e. The molecule has 4 heteroatoms. The van der Waals surface area contributed by atoms with Crippen molar-refractivity contribution >= 4 is 21.9 Å². The molecule has 1 saturated carbocycles. The average Bonchev–Trinajstić information content (AvgIpc) is 3.02. The molecule has 0 atom stereocenters. The zero-order chi connectivity index (χ0) is 13.3. The highest BCUT2D eigenvalue weighted by atomic mass is 79.9. The Morgan fingerprint density at radius 1 is 1.33 bits per heavy atom. The van der Waals surface area contributed by atoms with Gasteiger partial charge in [0.1, 0.15) is 11.4 Å². The molecule has 98 valence electrons. The minimum absolute atomic E-state index is 0.301. The lowest BCUT2D eigenvalue weighted by molar-refractivity contribution is 0.00690. The molecule has 1 aliphatic carbocycles. The van der Waals surface area contributed by atoms with E-state index in [0.717, 1.165) is 17.3 Å². The lowest BCUT2D eigenvalue weighted by Gasteiger charge is -2.19. The summed E-state index contributed by atoms with van der Waals surface area (Å²) >= 11 is 3.42. The van der Waals surface area contributed by atoms with Gasteiger partial charge in [0, 0.05) is 0 Å². The van der Waals surface area contributed by atoms with Crippen LogP contribution in [0.25, 0.3) is 0 Å². The van der Waals surface area contributed by atoms with Gasteiger partial charge in [-0.25, -0.2) is 4.79 Å². The first-order valence-corrected chi connectivity index (χ1v) is 6.84. The van der Waals surface area contributed by atoms with Crippen molar-refractivity contribution in [3.8, 4) is 5.75 Å². The molecule has 0 heterocycles. The van der Waals surface area contributed by atoms with Gasteiger partial charge in [-0.1, -0.05) is 0 Å². The monoisotopic (exact) mass is 312 g/mol. The van der Waals surface area contributed by atoms with E-state index in [9.17, 15) is 4.79 Å². The van der Waals surface area contributed by atoms with E-state index in [-0.39, 0.29) is 5.97 Å². The Morgan fingerprint density at radius 3 is 2.56 bits per heavy atom. The van der Waals surface area contributed by atoms with Crippen LogP contribution in [0.1, 0.15) is 44.0 Å². The number of hydrogen-bond donors (Lipinski definition) is 0. The molecule has 0 N–H and O–H groups in total. The van der Waals surface area contributed by atoms with E-state index in [0.29, 0.717) is 17.4 Å². The van der Waals surface area contributed by atoms with Crippen LogP contribution in [0.4, 0.5) is 0 Å². The normalized spacial score (nSPS) is 15.3. The summed E-state index contributed by atoms with van der Waals surface area (Å²) < 4.78 is 11.9. The Hall–Kier alpha value is -1.03. The van der Waals surface area contributed by atoms with Crippen molar-refractivity contribution < 1.29 is 14.3 Å². The Balaban J connectivity index is 2.15. The number of rotatable bonds is 3. The summed E-state index contributed by atoms with van der Waals surface area (Å²) in [7, 11) is 0. The molecular formula is C14H17BrO3. The third-order valence-corrected chi connectivity index (χ3v) is 3.04. The number of hydrogen-bond acceptors (Lipinski definition) is 3. The van der Waals surface area contributed by atoms with Gasteiger partial charge in [-0.2, -0.15) is 0 Å². The van der Waals surface area contributed by atoms with Crippen molar-refractivity contribution in [1.82, 2.24) is 0 Å². The first kappa shape index (κ1) is 13.4. The maximum absolute atomic E-state index is 11.9. The second-order valence-electron chi connectivity index (χ2n) is 5.46. The topological polar surface area (TPSA) is 35.5 Å². The highest BCUT2D eigenvalue weighted by Crippen LogP contribution is 2.33. The first-order valence-electron chi connectivity index (χ1n) is 6.05. The number of carbonyl (C=O) groups is 1. The molecule has 1 aliphatic rings. The molecule has 0 aromatic heterocycles. The van der Waals surface area contributed by atoms with Gasteiger partial charge in [0.2, 0.25) is 0 Å². The lowest BCUT2D eigenvalue weighted by Crippen LogP contribution is -2.23. The number of esters is 1. The molecule has 0 unspecified atom stereocenters. The number of ether oxygens (including phenoxy) is 2. The molecule has 0 saturated heterocycles. The fraction of sp³-hybridized carbons (Fsp3) is 0.500. The van der Waals surface area contributed by atoms with Crippen molar-refractivity contribution in [2.24, 2.45) is 0 Å². The molecular weight excluding hydrogens is 296 g/mol. The van der Waals surface area contributed by atoms with Crippen molar-refractivity contribution in [1.29, 1.82) is 0 Å². The molecule has 0 bridgehead atoms. The Kier molecular flexibility index (Phi) is 3.66. The van der Waals surface area contributed by atoms with Gasteiger partial charge in [-0.3, -0.25) is 0 Å². The van der Waals surface area contributed by atoms with Crippen LogP contribution in [0.15, 0.2) is 22.7 Å². The van der Waals surface area contributed by atoms with E-state index in [1.165, 1.54) is 0 Å². The average molecular weight is 313 g/mol. The summed E-state index contributed by atoms with van der Waals surface area (Å²) in [6, 6.07) is 5.28. The van der Waals surface area contributed by atoms with Crippen LogP contribution in [0.3, 0.4) is 0 Å². The second-order valence-corrected chi connectivity index (χ2v) is 6.32. The van der Waals surface area contributed by atoms with E-state index in [1.54, 1.807) is 12.1 Å². The molecule has 0 amide bonds. The molecule has 0 spiro atoms. The molecule has 1 aromatic carbocycles. The van der Waals surface area contributed by atoms with Gasteiger partial charge in [-0.15, -0.1) is 0 Å². The fourth-order valence-corrected chi connectivity index (χ4v) is 1.76. The predicted molar refractivity (Wildman–Crippen MR) is 73.0 cm³/mol. The summed E-state index contributed by atoms with van der Waals surface area (Å²) in [6.45, 7) is 5.56.